The fraction of sp³-hybridized carbons (Fsp3) is 0.429. The van der Waals surface area contributed by atoms with Crippen LogP contribution < -0.4 is 4.90 Å². The number of hydrogen-bond acceptors (Lipinski definition) is 5. The topological polar surface area (TPSA) is 90.5 Å². The number of likely N-dealkylation sites (N-methyl/N-ethyl adjacent to an activating group) is 1. The van der Waals surface area contributed by atoms with Gasteiger partial charge in [0.2, 0.25) is 5.91 Å². The molecular weight excluding hydrogens is 272 g/mol. The van der Waals surface area contributed by atoms with Crippen LogP contribution in [0.25, 0.3) is 0 Å². The number of nitriles is 1. The Balaban J connectivity index is 2.49. The number of amides is 1. The van der Waals surface area contributed by atoms with Crippen molar-refractivity contribution in [2.45, 2.75) is 19.4 Å². The average molecular weight is 288 g/mol. The molecule has 0 bridgehead atoms. The third-order valence-corrected chi connectivity index (χ3v) is 3.81. The van der Waals surface area contributed by atoms with Crippen molar-refractivity contribution < 1.29 is 9.72 Å². The lowest BCUT2D eigenvalue weighted by atomic mass is 9.95. The first-order valence-corrected chi connectivity index (χ1v) is 6.51. The smallest absolute Gasteiger partial charge is 0.270 e. The molecule has 7 nitrogen and oxygen atoms in total. The van der Waals surface area contributed by atoms with Gasteiger partial charge in [-0.3, -0.25) is 14.9 Å². The summed E-state index contributed by atoms with van der Waals surface area (Å²) in [5.41, 5.74) is -0.174. The van der Waals surface area contributed by atoms with Crippen LogP contribution >= 0.6 is 0 Å². The molecule has 1 aromatic rings. The molecule has 1 heterocycles. The lowest BCUT2D eigenvalue weighted by molar-refractivity contribution is -0.384. The molecule has 7 heteroatoms. The van der Waals surface area contributed by atoms with Crippen LogP contribution in [0.15, 0.2) is 18.2 Å². The van der Waals surface area contributed by atoms with Crippen LogP contribution in [-0.4, -0.2) is 41.4 Å². The Hall–Kier alpha value is -2.62. The molecule has 1 aliphatic heterocycles. The van der Waals surface area contributed by atoms with E-state index in [1.165, 1.54) is 18.2 Å². The molecule has 1 aliphatic rings. The highest BCUT2D eigenvalue weighted by atomic mass is 16.6. The second kappa shape index (κ2) is 5.05. The molecule has 110 valence electrons. The van der Waals surface area contributed by atoms with Crippen LogP contribution in [0.4, 0.5) is 11.4 Å². The Morgan fingerprint density at radius 3 is 2.62 bits per heavy atom. The number of anilines is 1. The summed E-state index contributed by atoms with van der Waals surface area (Å²) in [6.45, 7) is 4.69. The highest BCUT2D eigenvalue weighted by Crippen LogP contribution is 2.32. The van der Waals surface area contributed by atoms with Gasteiger partial charge >= 0.3 is 0 Å². The van der Waals surface area contributed by atoms with Crippen LogP contribution in [-0.2, 0) is 4.79 Å². The average Bonchev–Trinajstić information content (AvgIpc) is 2.44. The summed E-state index contributed by atoms with van der Waals surface area (Å²) in [5.74, 6) is -0.0454. The Kier molecular flexibility index (Phi) is 3.56. The molecule has 0 unspecified atom stereocenters. The molecule has 0 aliphatic carbocycles. The number of hydrogen-bond donors (Lipinski definition) is 0. The first-order chi connectivity index (χ1) is 9.78. The highest BCUT2D eigenvalue weighted by Gasteiger charge is 2.41. The number of rotatable bonds is 2. The molecule has 2 rings (SSSR count). The summed E-state index contributed by atoms with van der Waals surface area (Å²) < 4.78 is 0. The predicted octanol–water partition coefficient (Wildman–Crippen LogP) is 1.52. The zero-order valence-electron chi connectivity index (χ0n) is 12.2. The van der Waals surface area contributed by atoms with Crippen molar-refractivity contribution in [2.24, 2.45) is 0 Å². The zero-order chi connectivity index (χ0) is 15.8. The standard InChI is InChI=1S/C14H16N4O3/c1-14(2)13(19)16(3)6-7-17(14)12-5-4-11(18(20)21)8-10(12)9-15/h4-5,8H,6-7H2,1-3H3. The number of benzene rings is 1. The van der Waals surface area contributed by atoms with Gasteiger partial charge in [-0.25, -0.2) is 0 Å². The van der Waals surface area contributed by atoms with Gasteiger partial charge < -0.3 is 9.80 Å². The van der Waals surface area contributed by atoms with Crippen molar-refractivity contribution in [1.82, 2.24) is 4.90 Å². The molecule has 21 heavy (non-hydrogen) atoms. The van der Waals surface area contributed by atoms with Crippen molar-refractivity contribution >= 4 is 17.3 Å². The monoisotopic (exact) mass is 288 g/mol. The summed E-state index contributed by atoms with van der Waals surface area (Å²) in [7, 11) is 1.74. The van der Waals surface area contributed by atoms with E-state index in [-0.39, 0.29) is 17.2 Å². The maximum atomic E-state index is 12.3. The van der Waals surface area contributed by atoms with E-state index in [0.717, 1.165) is 0 Å². The fourth-order valence-electron chi connectivity index (χ4n) is 2.60. The van der Waals surface area contributed by atoms with Crippen molar-refractivity contribution in [3.8, 4) is 6.07 Å². The molecule has 0 radical (unpaired) electrons. The number of carbonyl (C=O) groups excluding carboxylic acids is 1. The number of nitrogens with zero attached hydrogens (tertiary/aromatic N) is 4. The van der Waals surface area contributed by atoms with E-state index in [0.29, 0.717) is 18.8 Å². The zero-order valence-corrected chi connectivity index (χ0v) is 12.2. The summed E-state index contributed by atoms with van der Waals surface area (Å²) >= 11 is 0. The van der Waals surface area contributed by atoms with Crippen molar-refractivity contribution in [1.29, 1.82) is 5.26 Å². The van der Waals surface area contributed by atoms with E-state index in [4.69, 9.17) is 0 Å². The number of nitro groups is 1. The quantitative estimate of drug-likeness (QED) is 0.608. The molecule has 1 saturated heterocycles. The number of nitro benzene ring substituents is 1. The number of carbonyl (C=O) groups is 1. The molecule has 1 fully saturated rings. The largest absolute Gasteiger partial charge is 0.355 e. The minimum atomic E-state index is -0.797. The molecule has 1 aromatic carbocycles. The third kappa shape index (κ3) is 2.40. The van der Waals surface area contributed by atoms with Crippen LogP contribution in [0.5, 0.6) is 0 Å². The minimum absolute atomic E-state index is 0.0454. The van der Waals surface area contributed by atoms with Crippen LogP contribution in [0.3, 0.4) is 0 Å². The Morgan fingerprint density at radius 1 is 1.38 bits per heavy atom. The van der Waals surface area contributed by atoms with Gasteiger partial charge in [0.05, 0.1) is 16.2 Å². The molecule has 0 N–H and O–H groups in total. The lowest BCUT2D eigenvalue weighted by Gasteiger charge is -2.46. The fourth-order valence-corrected chi connectivity index (χ4v) is 2.60. The van der Waals surface area contributed by atoms with Gasteiger partial charge in [0, 0.05) is 32.3 Å². The van der Waals surface area contributed by atoms with E-state index < -0.39 is 10.5 Å². The maximum absolute atomic E-state index is 12.3. The molecular formula is C14H16N4O3. The molecule has 0 saturated carbocycles. The second-order valence-corrected chi connectivity index (χ2v) is 5.51. The molecule has 0 aromatic heterocycles. The van der Waals surface area contributed by atoms with Gasteiger partial charge in [-0.05, 0) is 19.9 Å². The van der Waals surface area contributed by atoms with Gasteiger partial charge in [-0.15, -0.1) is 0 Å². The van der Waals surface area contributed by atoms with Crippen molar-refractivity contribution in [3.05, 3.63) is 33.9 Å². The Labute approximate surface area is 122 Å². The lowest BCUT2D eigenvalue weighted by Crippen LogP contribution is -2.62. The van der Waals surface area contributed by atoms with E-state index in [1.54, 1.807) is 25.8 Å². The number of non-ortho nitro benzene ring substituents is 1. The van der Waals surface area contributed by atoms with E-state index >= 15 is 0 Å². The number of piperazine rings is 1. The van der Waals surface area contributed by atoms with Gasteiger partial charge in [0.25, 0.3) is 5.69 Å². The Morgan fingerprint density at radius 2 is 2.05 bits per heavy atom. The van der Waals surface area contributed by atoms with Crippen LogP contribution in [0, 0.1) is 21.4 Å². The summed E-state index contributed by atoms with van der Waals surface area (Å²) in [6.07, 6.45) is 0. The summed E-state index contributed by atoms with van der Waals surface area (Å²) in [4.78, 5) is 26.0. The van der Waals surface area contributed by atoms with Crippen molar-refractivity contribution in [3.63, 3.8) is 0 Å². The molecule has 1 amide bonds. The normalized spacial score (nSPS) is 17.5. The van der Waals surface area contributed by atoms with Gasteiger partial charge in [-0.1, -0.05) is 0 Å². The Bertz CT molecular complexity index is 648. The van der Waals surface area contributed by atoms with Gasteiger partial charge in [0.1, 0.15) is 11.6 Å². The SMILES string of the molecule is CN1CCN(c2ccc([N+](=O)[O-])cc2C#N)C(C)(C)C1=O. The molecule has 0 spiro atoms. The predicted molar refractivity (Wildman–Crippen MR) is 76.9 cm³/mol. The van der Waals surface area contributed by atoms with Crippen LogP contribution in [0.1, 0.15) is 19.4 Å². The van der Waals surface area contributed by atoms with Gasteiger partial charge in [0.15, 0.2) is 0 Å². The maximum Gasteiger partial charge on any atom is 0.270 e. The summed E-state index contributed by atoms with van der Waals surface area (Å²) in [6, 6.07) is 6.12. The van der Waals surface area contributed by atoms with Crippen LogP contribution in [0.2, 0.25) is 0 Å². The third-order valence-electron chi connectivity index (χ3n) is 3.81. The van der Waals surface area contributed by atoms with Gasteiger partial charge in [-0.2, -0.15) is 5.26 Å². The summed E-state index contributed by atoms with van der Waals surface area (Å²) in [5, 5.41) is 20.0. The van der Waals surface area contributed by atoms with E-state index in [1.807, 2.05) is 11.0 Å². The second-order valence-electron chi connectivity index (χ2n) is 5.51. The first kappa shape index (κ1) is 14.8. The van der Waals surface area contributed by atoms with Crippen molar-refractivity contribution in [2.75, 3.05) is 25.0 Å². The molecule has 0 atom stereocenters. The first-order valence-electron chi connectivity index (χ1n) is 6.51. The van der Waals surface area contributed by atoms with E-state index in [9.17, 15) is 20.2 Å². The van der Waals surface area contributed by atoms with E-state index in [2.05, 4.69) is 0 Å². The highest BCUT2D eigenvalue weighted by molar-refractivity contribution is 5.91. The minimum Gasteiger partial charge on any atom is -0.355 e.